The Bertz CT molecular complexity index is 1040. The lowest BCUT2D eigenvalue weighted by Crippen LogP contribution is -2.47. The summed E-state index contributed by atoms with van der Waals surface area (Å²) in [5, 5.41) is 3.08. The lowest BCUT2D eigenvalue weighted by Gasteiger charge is -2.38. The van der Waals surface area contributed by atoms with E-state index in [0.717, 1.165) is 43.4 Å². The van der Waals surface area contributed by atoms with Crippen LogP contribution in [0.3, 0.4) is 0 Å². The second-order valence-electron chi connectivity index (χ2n) is 8.91. The number of aryl methyl sites for hydroxylation is 1. The molecule has 0 spiro atoms. The van der Waals surface area contributed by atoms with Gasteiger partial charge in [0.1, 0.15) is 11.9 Å². The molecule has 1 heterocycles. The number of amides is 1. The van der Waals surface area contributed by atoms with Gasteiger partial charge in [-0.2, -0.15) is 0 Å². The topological polar surface area (TPSA) is 78.5 Å². The van der Waals surface area contributed by atoms with Crippen molar-refractivity contribution in [3.63, 3.8) is 0 Å². The number of benzene rings is 2. The van der Waals surface area contributed by atoms with Gasteiger partial charge < -0.3 is 5.32 Å². The third kappa shape index (κ3) is 5.74. The van der Waals surface area contributed by atoms with E-state index in [4.69, 9.17) is 0 Å². The van der Waals surface area contributed by atoms with Gasteiger partial charge in [0.2, 0.25) is 15.9 Å². The highest BCUT2D eigenvalue weighted by molar-refractivity contribution is 7.89. The van der Waals surface area contributed by atoms with Crippen LogP contribution in [0.4, 0.5) is 4.39 Å². The zero-order valence-electron chi connectivity index (χ0n) is 18.3. The molecule has 1 aliphatic heterocycles. The van der Waals surface area contributed by atoms with Crippen molar-refractivity contribution in [3.05, 3.63) is 65.5 Å². The number of nitrogens with one attached hydrogen (secondary N) is 2. The summed E-state index contributed by atoms with van der Waals surface area (Å²) in [7, 11) is -3.58. The number of sulfonamides is 1. The molecule has 1 aliphatic carbocycles. The van der Waals surface area contributed by atoms with Crippen LogP contribution in [0, 0.1) is 18.7 Å². The Labute approximate surface area is 189 Å². The molecular formula is C24H30FN3O3S. The van der Waals surface area contributed by atoms with Crippen molar-refractivity contribution in [3.8, 4) is 0 Å². The fourth-order valence-corrected chi connectivity index (χ4v) is 5.32. The molecule has 2 unspecified atom stereocenters. The highest BCUT2D eigenvalue weighted by Gasteiger charge is 2.35. The highest BCUT2D eigenvalue weighted by Crippen LogP contribution is 2.29. The smallest absolute Gasteiger partial charge is 0.242 e. The summed E-state index contributed by atoms with van der Waals surface area (Å²) in [5.41, 5.74) is 1.76. The van der Waals surface area contributed by atoms with E-state index in [-0.39, 0.29) is 28.6 Å². The molecule has 1 saturated heterocycles. The molecule has 172 valence electrons. The van der Waals surface area contributed by atoms with Crippen LogP contribution in [0.25, 0.3) is 0 Å². The van der Waals surface area contributed by atoms with Crippen molar-refractivity contribution >= 4 is 15.9 Å². The van der Waals surface area contributed by atoms with E-state index in [1.807, 2.05) is 6.92 Å². The molecule has 2 aliphatic rings. The largest absolute Gasteiger partial charge is 0.352 e. The number of nitrogens with zero attached hydrogens (tertiary/aromatic N) is 1. The minimum atomic E-state index is -3.58. The van der Waals surface area contributed by atoms with Gasteiger partial charge in [-0.3, -0.25) is 9.69 Å². The lowest BCUT2D eigenvalue weighted by atomic mass is 9.94. The SMILES string of the molecule is Cc1ccc(S(=O)(=O)NCC2CCCN(C(C(=O)NC3CC3)c3ccc(F)cc3)C2)cc1. The molecule has 8 heteroatoms. The maximum atomic E-state index is 13.5. The average molecular weight is 460 g/mol. The number of likely N-dealkylation sites (tertiary alicyclic amines) is 1. The Balaban J connectivity index is 1.44. The fraction of sp³-hybridized carbons (Fsp3) is 0.458. The second kappa shape index (κ2) is 9.68. The van der Waals surface area contributed by atoms with Crippen LogP contribution in [0.1, 0.15) is 42.9 Å². The monoisotopic (exact) mass is 459 g/mol. The van der Waals surface area contributed by atoms with E-state index < -0.39 is 16.1 Å². The number of hydrogen-bond donors (Lipinski definition) is 2. The molecule has 32 heavy (non-hydrogen) atoms. The van der Waals surface area contributed by atoms with Crippen LogP contribution in [0.2, 0.25) is 0 Å². The zero-order valence-corrected chi connectivity index (χ0v) is 19.1. The molecule has 2 atom stereocenters. The summed E-state index contributed by atoms with van der Waals surface area (Å²) in [6, 6.07) is 12.6. The number of hydrogen-bond acceptors (Lipinski definition) is 4. The van der Waals surface area contributed by atoms with Crippen molar-refractivity contribution < 1.29 is 17.6 Å². The molecule has 2 N–H and O–H groups in total. The summed E-state index contributed by atoms with van der Waals surface area (Å²) in [6.07, 6.45) is 3.73. The summed E-state index contributed by atoms with van der Waals surface area (Å²) >= 11 is 0. The first-order valence-corrected chi connectivity index (χ1v) is 12.7. The van der Waals surface area contributed by atoms with Crippen molar-refractivity contribution in [2.75, 3.05) is 19.6 Å². The van der Waals surface area contributed by atoms with E-state index in [2.05, 4.69) is 14.9 Å². The summed E-state index contributed by atoms with van der Waals surface area (Å²) < 4.78 is 41.5. The first-order chi connectivity index (χ1) is 15.3. The molecule has 2 fully saturated rings. The van der Waals surface area contributed by atoms with Crippen molar-refractivity contribution in [1.29, 1.82) is 0 Å². The van der Waals surface area contributed by atoms with Gasteiger partial charge in [0.25, 0.3) is 0 Å². The van der Waals surface area contributed by atoms with E-state index >= 15 is 0 Å². The maximum Gasteiger partial charge on any atom is 0.242 e. The molecule has 1 amide bonds. The first kappa shape index (κ1) is 22.9. The number of carbonyl (C=O) groups is 1. The molecule has 1 saturated carbocycles. The number of rotatable bonds is 8. The fourth-order valence-electron chi connectivity index (χ4n) is 4.21. The standard InChI is InChI=1S/C24H30FN3O3S/c1-17-4-12-22(13-5-17)32(30,31)26-15-18-3-2-14-28(16-18)23(24(29)27-21-10-11-21)19-6-8-20(25)9-7-19/h4-9,12-13,18,21,23,26H,2-3,10-11,14-16H2,1H3,(H,27,29). The van der Waals surface area contributed by atoms with Crippen LogP contribution in [-0.2, 0) is 14.8 Å². The predicted octanol–water partition coefficient (Wildman–Crippen LogP) is 3.14. The normalized spacial score (nSPS) is 20.6. The van der Waals surface area contributed by atoms with Gasteiger partial charge in [-0.1, -0.05) is 29.8 Å². The van der Waals surface area contributed by atoms with E-state index in [0.29, 0.717) is 13.1 Å². The minimum Gasteiger partial charge on any atom is -0.352 e. The van der Waals surface area contributed by atoms with Crippen molar-refractivity contribution in [1.82, 2.24) is 14.9 Å². The van der Waals surface area contributed by atoms with Crippen LogP contribution in [0.15, 0.2) is 53.4 Å². The van der Waals surface area contributed by atoms with Crippen LogP contribution in [0.5, 0.6) is 0 Å². The van der Waals surface area contributed by atoms with Gasteiger partial charge in [-0.15, -0.1) is 0 Å². The Morgan fingerprint density at radius 3 is 2.44 bits per heavy atom. The highest BCUT2D eigenvalue weighted by atomic mass is 32.2. The Morgan fingerprint density at radius 1 is 1.09 bits per heavy atom. The molecule has 0 bridgehead atoms. The van der Waals surface area contributed by atoms with Crippen molar-refractivity contribution in [2.24, 2.45) is 5.92 Å². The van der Waals surface area contributed by atoms with Crippen molar-refractivity contribution in [2.45, 2.75) is 49.6 Å². The summed E-state index contributed by atoms with van der Waals surface area (Å²) in [6.45, 7) is 3.56. The second-order valence-corrected chi connectivity index (χ2v) is 10.7. The third-order valence-electron chi connectivity index (χ3n) is 6.17. The Kier molecular flexibility index (Phi) is 6.93. The van der Waals surface area contributed by atoms with Crippen LogP contribution >= 0.6 is 0 Å². The van der Waals surface area contributed by atoms with E-state index in [9.17, 15) is 17.6 Å². The zero-order chi connectivity index (χ0) is 22.7. The maximum absolute atomic E-state index is 13.5. The molecule has 0 aromatic heterocycles. The molecule has 4 rings (SSSR count). The van der Waals surface area contributed by atoms with Gasteiger partial charge in [-0.05, 0) is 74.9 Å². The molecule has 6 nitrogen and oxygen atoms in total. The van der Waals surface area contributed by atoms with Gasteiger partial charge in [-0.25, -0.2) is 17.5 Å². The average Bonchev–Trinajstić information content (AvgIpc) is 3.59. The van der Waals surface area contributed by atoms with Gasteiger partial charge >= 0.3 is 0 Å². The number of piperidine rings is 1. The minimum absolute atomic E-state index is 0.0694. The van der Waals surface area contributed by atoms with Crippen LogP contribution < -0.4 is 10.0 Å². The van der Waals surface area contributed by atoms with Gasteiger partial charge in [0.15, 0.2) is 0 Å². The summed E-state index contributed by atoms with van der Waals surface area (Å²) in [4.78, 5) is 15.4. The number of carbonyl (C=O) groups excluding carboxylic acids is 1. The molecule has 0 radical (unpaired) electrons. The Morgan fingerprint density at radius 2 is 1.78 bits per heavy atom. The first-order valence-electron chi connectivity index (χ1n) is 11.2. The van der Waals surface area contributed by atoms with E-state index in [1.54, 1.807) is 36.4 Å². The molecule has 2 aromatic carbocycles. The number of halogens is 1. The van der Waals surface area contributed by atoms with Gasteiger partial charge in [0.05, 0.1) is 4.90 Å². The molecule has 2 aromatic rings. The Hall–Kier alpha value is -2.29. The third-order valence-corrected chi connectivity index (χ3v) is 7.61. The quantitative estimate of drug-likeness (QED) is 0.636. The predicted molar refractivity (Wildman–Crippen MR) is 121 cm³/mol. The van der Waals surface area contributed by atoms with Crippen LogP contribution in [-0.4, -0.2) is 44.9 Å². The lowest BCUT2D eigenvalue weighted by molar-refractivity contribution is -0.127. The van der Waals surface area contributed by atoms with Gasteiger partial charge in [0, 0.05) is 19.1 Å². The molecular weight excluding hydrogens is 429 g/mol. The summed E-state index contributed by atoms with van der Waals surface area (Å²) in [5.74, 6) is -0.322. The van der Waals surface area contributed by atoms with E-state index in [1.165, 1.54) is 12.1 Å².